The minimum absolute atomic E-state index is 0.313. The average molecular weight is 230 g/mol. The Morgan fingerprint density at radius 3 is 2.82 bits per heavy atom. The third kappa shape index (κ3) is 1.51. The van der Waals surface area contributed by atoms with Gasteiger partial charge in [0.15, 0.2) is 5.82 Å². The van der Waals surface area contributed by atoms with Crippen LogP contribution in [0.5, 0.6) is 0 Å². The number of aromatic nitrogens is 4. The second-order valence-electron chi connectivity index (χ2n) is 4.02. The van der Waals surface area contributed by atoms with Crippen LogP contribution in [-0.4, -0.2) is 19.7 Å². The van der Waals surface area contributed by atoms with Crippen molar-refractivity contribution in [2.75, 3.05) is 0 Å². The van der Waals surface area contributed by atoms with Crippen molar-refractivity contribution in [1.29, 1.82) is 0 Å². The van der Waals surface area contributed by atoms with Gasteiger partial charge in [-0.2, -0.15) is 5.10 Å². The molecule has 0 saturated heterocycles. The third-order valence-electron chi connectivity index (χ3n) is 2.73. The molecule has 0 bridgehead atoms. The first-order valence-electron chi connectivity index (χ1n) is 5.30. The van der Waals surface area contributed by atoms with Gasteiger partial charge in [0.1, 0.15) is 11.3 Å². The molecule has 1 aromatic carbocycles. The first-order chi connectivity index (χ1) is 8.15. The van der Waals surface area contributed by atoms with Gasteiger partial charge in [-0.3, -0.25) is 4.68 Å². The van der Waals surface area contributed by atoms with Crippen molar-refractivity contribution in [1.82, 2.24) is 19.7 Å². The van der Waals surface area contributed by atoms with Crippen molar-refractivity contribution < 1.29 is 4.39 Å². The van der Waals surface area contributed by atoms with Crippen molar-refractivity contribution in [2.24, 2.45) is 7.05 Å². The number of nitrogens with zero attached hydrogens (tertiary/aromatic N) is 3. The minimum atomic E-state index is -0.313. The van der Waals surface area contributed by atoms with Gasteiger partial charge < -0.3 is 4.98 Å². The highest BCUT2D eigenvalue weighted by molar-refractivity contribution is 5.80. The number of halogens is 1. The lowest BCUT2D eigenvalue weighted by Gasteiger charge is -1.90. The number of aryl methyl sites for hydroxylation is 2. The molecule has 4 nitrogen and oxygen atoms in total. The van der Waals surface area contributed by atoms with Crippen LogP contribution in [0.4, 0.5) is 4.39 Å². The number of aromatic amines is 1. The fourth-order valence-corrected chi connectivity index (χ4v) is 1.96. The predicted octanol–water partition coefficient (Wildman–Crippen LogP) is 2.41. The van der Waals surface area contributed by atoms with Crippen LogP contribution in [0.3, 0.4) is 0 Å². The van der Waals surface area contributed by atoms with Crippen LogP contribution in [0.1, 0.15) is 5.69 Å². The second kappa shape index (κ2) is 3.41. The molecule has 17 heavy (non-hydrogen) atoms. The number of nitrogens with one attached hydrogen (secondary N) is 1. The Balaban J connectivity index is 2.25. The molecule has 5 heteroatoms. The van der Waals surface area contributed by atoms with Gasteiger partial charge in [0, 0.05) is 13.2 Å². The largest absolute Gasteiger partial charge is 0.338 e. The average Bonchev–Trinajstić information content (AvgIpc) is 2.82. The van der Waals surface area contributed by atoms with Crippen molar-refractivity contribution in [2.45, 2.75) is 6.92 Å². The number of hydrogen-bond acceptors (Lipinski definition) is 2. The van der Waals surface area contributed by atoms with Crippen LogP contribution in [0, 0.1) is 12.7 Å². The summed E-state index contributed by atoms with van der Waals surface area (Å²) in [6, 6.07) is 4.87. The fourth-order valence-electron chi connectivity index (χ4n) is 1.96. The molecule has 0 aliphatic carbocycles. The molecule has 0 saturated carbocycles. The summed E-state index contributed by atoms with van der Waals surface area (Å²) < 4.78 is 15.2. The van der Waals surface area contributed by atoms with E-state index in [2.05, 4.69) is 15.1 Å². The Labute approximate surface area is 97.1 Å². The summed E-state index contributed by atoms with van der Waals surface area (Å²) in [5.41, 5.74) is 2.82. The molecule has 1 N–H and O–H groups in total. The maximum absolute atomic E-state index is 13.5. The lowest BCUT2D eigenvalue weighted by atomic mass is 10.2. The van der Waals surface area contributed by atoms with E-state index in [1.54, 1.807) is 16.8 Å². The molecular weight excluding hydrogens is 219 g/mol. The SMILES string of the molecule is Cc1nn(C)cc1-c1nc2c(F)cccc2[nH]1. The second-order valence-corrected chi connectivity index (χ2v) is 4.02. The van der Waals surface area contributed by atoms with E-state index in [0.29, 0.717) is 16.9 Å². The Morgan fingerprint density at radius 2 is 2.18 bits per heavy atom. The maximum atomic E-state index is 13.5. The van der Waals surface area contributed by atoms with E-state index in [1.807, 2.05) is 20.2 Å². The number of imidazole rings is 1. The third-order valence-corrected chi connectivity index (χ3v) is 2.73. The number of rotatable bonds is 1. The Hall–Kier alpha value is -2.17. The summed E-state index contributed by atoms with van der Waals surface area (Å²) in [6.07, 6.45) is 1.87. The molecule has 0 unspecified atom stereocenters. The van der Waals surface area contributed by atoms with Crippen LogP contribution in [0.2, 0.25) is 0 Å². The zero-order valence-electron chi connectivity index (χ0n) is 9.53. The lowest BCUT2D eigenvalue weighted by Crippen LogP contribution is -1.86. The number of fused-ring (bicyclic) bond motifs is 1. The molecule has 0 amide bonds. The first kappa shape index (κ1) is 10.0. The monoisotopic (exact) mass is 230 g/mol. The van der Waals surface area contributed by atoms with Gasteiger partial charge in [0.05, 0.1) is 16.8 Å². The van der Waals surface area contributed by atoms with Gasteiger partial charge in [-0.1, -0.05) is 6.07 Å². The molecular formula is C12H11FN4. The zero-order chi connectivity index (χ0) is 12.0. The van der Waals surface area contributed by atoms with Gasteiger partial charge in [-0.05, 0) is 19.1 Å². The molecule has 2 heterocycles. The molecule has 86 valence electrons. The highest BCUT2D eigenvalue weighted by atomic mass is 19.1. The lowest BCUT2D eigenvalue weighted by molar-refractivity contribution is 0.637. The fraction of sp³-hybridized carbons (Fsp3) is 0.167. The normalized spacial score (nSPS) is 11.2. The van der Waals surface area contributed by atoms with Crippen LogP contribution in [-0.2, 0) is 7.05 Å². The van der Waals surface area contributed by atoms with Crippen molar-refractivity contribution in [3.63, 3.8) is 0 Å². The summed E-state index contributed by atoms with van der Waals surface area (Å²) in [4.78, 5) is 7.38. The zero-order valence-corrected chi connectivity index (χ0v) is 9.53. The molecule has 0 radical (unpaired) electrons. The summed E-state index contributed by atoms with van der Waals surface area (Å²) in [5, 5.41) is 4.24. The molecule has 0 spiro atoms. The van der Waals surface area contributed by atoms with E-state index >= 15 is 0 Å². The summed E-state index contributed by atoms with van der Waals surface area (Å²) in [5.74, 6) is 0.335. The summed E-state index contributed by atoms with van der Waals surface area (Å²) in [7, 11) is 1.85. The van der Waals surface area contributed by atoms with Gasteiger partial charge in [-0.15, -0.1) is 0 Å². The van der Waals surface area contributed by atoms with Crippen molar-refractivity contribution in [3.05, 3.63) is 35.9 Å². The number of hydrogen-bond donors (Lipinski definition) is 1. The Bertz CT molecular complexity index is 696. The van der Waals surface area contributed by atoms with E-state index in [-0.39, 0.29) is 5.82 Å². The summed E-state index contributed by atoms with van der Waals surface area (Å²) >= 11 is 0. The van der Waals surface area contributed by atoms with Crippen LogP contribution < -0.4 is 0 Å². The maximum Gasteiger partial charge on any atom is 0.151 e. The van der Waals surface area contributed by atoms with Crippen molar-refractivity contribution in [3.8, 4) is 11.4 Å². The minimum Gasteiger partial charge on any atom is -0.338 e. The molecule has 2 aromatic heterocycles. The molecule has 0 fully saturated rings. The highest BCUT2D eigenvalue weighted by Gasteiger charge is 2.12. The quantitative estimate of drug-likeness (QED) is 0.697. The van der Waals surface area contributed by atoms with Gasteiger partial charge in [0.2, 0.25) is 0 Å². The van der Waals surface area contributed by atoms with Crippen LogP contribution in [0.25, 0.3) is 22.4 Å². The number of para-hydroxylation sites is 1. The molecule has 3 rings (SSSR count). The van der Waals surface area contributed by atoms with E-state index in [1.165, 1.54) is 6.07 Å². The molecule has 0 aliphatic rings. The van der Waals surface area contributed by atoms with Crippen LogP contribution in [0.15, 0.2) is 24.4 Å². The van der Waals surface area contributed by atoms with Gasteiger partial charge in [0.25, 0.3) is 0 Å². The van der Waals surface area contributed by atoms with Gasteiger partial charge >= 0.3 is 0 Å². The smallest absolute Gasteiger partial charge is 0.151 e. The van der Waals surface area contributed by atoms with Gasteiger partial charge in [-0.25, -0.2) is 9.37 Å². The number of benzene rings is 1. The van der Waals surface area contributed by atoms with Crippen LogP contribution >= 0.6 is 0 Å². The van der Waals surface area contributed by atoms with E-state index < -0.39 is 0 Å². The van der Waals surface area contributed by atoms with E-state index in [4.69, 9.17) is 0 Å². The molecule has 0 atom stereocenters. The topological polar surface area (TPSA) is 46.5 Å². The highest BCUT2D eigenvalue weighted by Crippen LogP contribution is 2.23. The standard InChI is InChI=1S/C12H11FN4/c1-7-8(6-17(2)16-7)12-14-10-5-3-4-9(13)11(10)15-12/h3-6H,1-2H3,(H,14,15). The Morgan fingerprint density at radius 1 is 1.35 bits per heavy atom. The predicted molar refractivity (Wildman–Crippen MR) is 63.0 cm³/mol. The first-order valence-corrected chi connectivity index (χ1v) is 5.30. The summed E-state index contributed by atoms with van der Waals surface area (Å²) in [6.45, 7) is 1.90. The molecule has 3 aromatic rings. The number of H-pyrrole nitrogens is 1. The van der Waals surface area contributed by atoms with E-state index in [9.17, 15) is 4.39 Å². The van der Waals surface area contributed by atoms with Crippen molar-refractivity contribution >= 4 is 11.0 Å². The molecule has 0 aliphatic heterocycles. The van der Waals surface area contributed by atoms with E-state index in [0.717, 1.165) is 11.3 Å². The Kier molecular flexibility index (Phi) is 2.01.